The first-order valence-electron chi connectivity index (χ1n) is 12.0. The molecule has 2 N–H and O–H groups in total. The predicted octanol–water partition coefficient (Wildman–Crippen LogP) is 4.30. The summed E-state index contributed by atoms with van der Waals surface area (Å²) in [5.74, 6) is -1.19. The molecule has 0 bridgehead atoms. The highest BCUT2D eigenvalue weighted by Gasteiger charge is 2.27. The van der Waals surface area contributed by atoms with Crippen molar-refractivity contribution in [2.24, 2.45) is 0 Å². The molecule has 0 spiro atoms. The van der Waals surface area contributed by atoms with Crippen molar-refractivity contribution in [3.05, 3.63) is 52.2 Å². The lowest BCUT2D eigenvalue weighted by Crippen LogP contribution is -2.32. The summed E-state index contributed by atoms with van der Waals surface area (Å²) in [5.41, 5.74) is 3.74. The van der Waals surface area contributed by atoms with Gasteiger partial charge in [-0.3, -0.25) is 14.4 Å². The molecule has 186 valence electrons. The van der Waals surface area contributed by atoms with Crippen molar-refractivity contribution in [1.82, 2.24) is 9.88 Å². The zero-order valence-corrected chi connectivity index (χ0v) is 21.2. The van der Waals surface area contributed by atoms with Gasteiger partial charge in [0.05, 0.1) is 5.56 Å². The maximum atomic E-state index is 12.5. The second-order valence-electron chi connectivity index (χ2n) is 10.1. The maximum Gasteiger partial charge on any atom is 0.325 e. The summed E-state index contributed by atoms with van der Waals surface area (Å²) in [6.45, 7) is 9.22. The van der Waals surface area contributed by atoms with E-state index in [1.165, 1.54) is 0 Å². The largest absolute Gasteiger partial charge is 0.454 e. The van der Waals surface area contributed by atoms with Crippen molar-refractivity contribution >= 4 is 23.6 Å². The van der Waals surface area contributed by atoms with Crippen molar-refractivity contribution in [3.63, 3.8) is 0 Å². The minimum atomic E-state index is -0.723. The van der Waals surface area contributed by atoms with E-state index in [1.54, 1.807) is 12.1 Å². The molecule has 0 radical (unpaired) electrons. The molecule has 0 unspecified atom stereocenters. The van der Waals surface area contributed by atoms with E-state index in [1.807, 2.05) is 30.5 Å². The molecule has 0 atom stereocenters. The summed E-state index contributed by atoms with van der Waals surface area (Å²) in [7, 11) is 0. The van der Waals surface area contributed by atoms with Crippen LogP contribution in [0, 0.1) is 25.2 Å². The number of carbonyl (C=O) groups is 3. The lowest BCUT2D eigenvalue weighted by Gasteiger charge is -2.19. The van der Waals surface area contributed by atoms with Crippen LogP contribution in [-0.2, 0) is 19.7 Å². The Bertz CT molecular complexity index is 1140. The molecule has 35 heavy (non-hydrogen) atoms. The van der Waals surface area contributed by atoms with Crippen LogP contribution < -0.4 is 10.6 Å². The van der Waals surface area contributed by atoms with E-state index in [0.29, 0.717) is 16.9 Å². The van der Waals surface area contributed by atoms with Gasteiger partial charge in [0.2, 0.25) is 0 Å². The van der Waals surface area contributed by atoms with Crippen LogP contribution in [0.25, 0.3) is 0 Å². The Kier molecular flexibility index (Phi) is 8.00. The van der Waals surface area contributed by atoms with Crippen molar-refractivity contribution in [2.75, 3.05) is 18.5 Å². The van der Waals surface area contributed by atoms with Gasteiger partial charge >= 0.3 is 5.97 Å². The van der Waals surface area contributed by atoms with Gasteiger partial charge in [-0.15, -0.1) is 0 Å². The Morgan fingerprint density at radius 2 is 1.74 bits per heavy atom. The molecule has 1 fully saturated rings. The minimum Gasteiger partial charge on any atom is -0.454 e. The molecule has 1 aliphatic rings. The molecule has 2 aromatic rings. The molecule has 0 aliphatic heterocycles. The summed E-state index contributed by atoms with van der Waals surface area (Å²) in [6, 6.07) is 9.63. The average molecular weight is 479 g/mol. The number of nitriles is 1. The number of hydrogen-bond donors (Lipinski definition) is 2. The van der Waals surface area contributed by atoms with Crippen molar-refractivity contribution in [2.45, 2.75) is 71.8 Å². The van der Waals surface area contributed by atoms with Crippen molar-refractivity contribution < 1.29 is 19.1 Å². The number of rotatable bonds is 7. The number of nitrogens with one attached hydrogen (secondary N) is 2. The molecule has 3 rings (SSSR count). The third-order valence-corrected chi connectivity index (χ3v) is 6.59. The summed E-state index contributed by atoms with van der Waals surface area (Å²) in [4.78, 5) is 37.0. The van der Waals surface area contributed by atoms with Gasteiger partial charge in [0.15, 0.2) is 6.61 Å². The standard InChI is InChI=1S/C27H34N4O4/c1-17-18(2)31(21-8-6-7-9-21)25(22(17)14-28)30-23(32)16-35-24(33)15-29-26(34)19-10-12-20(13-11-19)27(3,4)5/h10-13,21H,6-9,15-16H2,1-5H3,(H,29,34)(H,30,32). The van der Waals surface area contributed by atoms with E-state index >= 15 is 0 Å². The van der Waals surface area contributed by atoms with Crippen LogP contribution in [0.3, 0.4) is 0 Å². The number of ether oxygens (including phenoxy) is 1. The Morgan fingerprint density at radius 3 is 2.31 bits per heavy atom. The average Bonchev–Trinajstić information content (AvgIpc) is 3.42. The van der Waals surface area contributed by atoms with Gasteiger partial charge in [-0.1, -0.05) is 45.7 Å². The van der Waals surface area contributed by atoms with Crippen LogP contribution in [0.5, 0.6) is 0 Å². The fraction of sp³-hybridized carbons (Fsp3) is 0.481. The van der Waals surface area contributed by atoms with Crippen LogP contribution in [0.4, 0.5) is 5.82 Å². The van der Waals surface area contributed by atoms with Crippen molar-refractivity contribution in [3.8, 4) is 6.07 Å². The SMILES string of the molecule is Cc1c(C#N)c(NC(=O)COC(=O)CNC(=O)c2ccc(C(C)(C)C)cc2)n(C2CCCC2)c1C. The highest BCUT2D eigenvalue weighted by molar-refractivity contribution is 5.97. The maximum absolute atomic E-state index is 12.5. The predicted molar refractivity (Wildman–Crippen MR) is 133 cm³/mol. The zero-order chi connectivity index (χ0) is 25.8. The third-order valence-electron chi connectivity index (χ3n) is 6.59. The number of hydrogen-bond acceptors (Lipinski definition) is 5. The van der Waals surface area contributed by atoms with E-state index in [9.17, 15) is 19.6 Å². The highest BCUT2D eigenvalue weighted by atomic mass is 16.5. The van der Waals surface area contributed by atoms with E-state index in [2.05, 4.69) is 37.5 Å². The fourth-order valence-electron chi connectivity index (χ4n) is 4.45. The summed E-state index contributed by atoms with van der Waals surface area (Å²) >= 11 is 0. The zero-order valence-electron chi connectivity index (χ0n) is 21.2. The number of anilines is 1. The van der Waals surface area contributed by atoms with Crippen LogP contribution in [-0.4, -0.2) is 35.5 Å². The highest BCUT2D eigenvalue weighted by Crippen LogP contribution is 2.37. The van der Waals surface area contributed by atoms with Crippen LogP contribution >= 0.6 is 0 Å². The van der Waals surface area contributed by atoms with E-state index in [-0.39, 0.29) is 18.0 Å². The smallest absolute Gasteiger partial charge is 0.325 e. The first-order chi connectivity index (χ1) is 16.5. The number of benzene rings is 1. The molecule has 1 heterocycles. The first kappa shape index (κ1) is 26.0. The molecule has 1 saturated carbocycles. The first-order valence-corrected chi connectivity index (χ1v) is 12.0. The fourth-order valence-corrected chi connectivity index (χ4v) is 4.45. The molecular weight excluding hydrogens is 444 g/mol. The molecule has 8 nitrogen and oxygen atoms in total. The quantitative estimate of drug-likeness (QED) is 0.576. The van der Waals surface area contributed by atoms with Crippen LogP contribution in [0.15, 0.2) is 24.3 Å². The van der Waals surface area contributed by atoms with Gasteiger partial charge < -0.3 is 19.9 Å². The lowest BCUT2D eigenvalue weighted by atomic mass is 9.87. The number of amides is 2. The minimum absolute atomic E-state index is 0.0243. The monoisotopic (exact) mass is 478 g/mol. The lowest BCUT2D eigenvalue weighted by molar-refractivity contribution is -0.146. The Balaban J connectivity index is 1.54. The van der Waals surface area contributed by atoms with E-state index in [4.69, 9.17) is 4.74 Å². The van der Waals surface area contributed by atoms with Gasteiger partial charge in [-0.05, 0) is 55.4 Å². The van der Waals surface area contributed by atoms with Gasteiger partial charge in [0.1, 0.15) is 18.4 Å². The molecule has 2 amide bonds. The summed E-state index contributed by atoms with van der Waals surface area (Å²) in [6.07, 6.45) is 4.22. The van der Waals surface area contributed by atoms with E-state index < -0.39 is 24.4 Å². The van der Waals surface area contributed by atoms with Gasteiger partial charge in [-0.25, -0.2) is 0 Å². The number of aromatic nitrogens is 1. The topological polar surface area (TPSA) is 113 Å². The molecule has 1 aromatic heterocycles. The van der Waals surface area contributed by atoms with Gasteiger partial charge in [-0.2, -0.15) is 5.26 Å². The molecule has 0 saturated heterocycles. The Morgan fingerprint density at radius 1 is 1.11 bits per heavy atom. The molecule has 8 heteroatoms. The Hall–Kier alpha value is -3.60. The molecule has 1 aliphatic carbocycles. The number of carbonyl (C=O) groups excluding carboxylic acids is 3. The molecular formula is C27H34N4O4. The Labute approximate surface area is 206 Å². The summed E-state index contributed by atoms with van der Waals surface area (Å²) in [5, 5.41) is 14.9. The summed E-state index contributed by atoms with van der Waals surface area (Å²) < 4.78 is 7.08. The third kappa shape index (κ3) is 6.10. The van der Waals surface area contributed by atoms with Crippen molar-refractivity contribution in [1.29, 1.82) is 5.26 Å². The second kappa shape index (κ2) is 10.8. The number of nitrogens with zero attached hydrogens (tertiary/aromatic N) is 2. The van der Waals surface area contributed by atoms with E-state index in [0.717, 1.165) is 42.5 Å². The van der Waals surface area contributed by atoms with Crippen LogP contribution in [0.2, 0.25) is 0 Å². The van der Waals surface area contributed by atoms with Gasteiger partial charge in [0.25, 0.3) is 11.8 Å². The normalized spacial score (nSPS) is 13.8. The second-order valence-corrected chi connectivity index (χ2v) is 10.1. The van der Waals surface area contributed by atoms with Crippen LogP contribution in [0.1, 0.15) is 85.2 Å². The van der Waals surface area contributed by atoms with Gasteiger partial charge in [0, 0.05) is 17.3 Å². The molecule has 1 aromatic carbocycles. The number of esters is 1.